The summed E-state index contributed by atoms with van der Waals surface area (Å²) in [6.07, 6.45) is 0. The third-order valence-corrected chi connectivity index (χ3v) is 1.78. The van der Waals surface area contributed by atoms with Crippen LogP contribution in [-0.4, -0.2) is 19.3 Å². The first-order chi connectivity index (χ1) is 7.60. The smallest absolute Gasteiger partial charge is 0.318 e. The van der Waals surface area contributed by atoms with Crippen LogP contribution in [-0.2, 0) is 4.94 Å². The van der Waals surface area contributed by atoms with Crippen molar-refractivity contribution < 1.29 is 19.5 Å². The summed E-state index contributed by atoms with van der Waals surface area (Å²) in [5.41, 5.74) is 0.129. The zero-order valence-corrected chi connectivity index (χ0v) is 8.75. The number of ether oxygens (including phenoxy) is 2. The molecular formula is C8H11N3O5. The highest BCUT2D eigenvalue weighted by molar-refractivity contribution is 5.65. The maximum absolute atomic E-state index is 10.2. The molecule has 0 amide bonds. The standard InChI is InChI=1S/C8H11N3O5/c1-14-6-4-3-5-7(15-2)8(6)10(9)16-11(12)13/h3-5H,9H2,1-2H3. The van der Waals surface area contributed by atoms with Crippen molar-refractivity contribution in [1.29, 1.82) is 0 Å². The molecule has 0 heterocycles. The Morgan fingerprint density at radius 3 is 2.19 bits per heavy atom. The number of para-hydroxylation sites is 1. The van der Waals surface area contributed by atoms with E-state index in [1.165, 1.54) is 14.2 Å². The summed E-state index contributed by atoms with van der Waals surface area (Å²) in [4.78, 5) is 14.3. The molecule has 0 aromatic heterocycles. The average Bonchev–Trinajstić information content (AvgIpc) is 2.26. The van der Waals surface area contributed by atoms with Crippen LogP contribution >= 0.6 is 0 Å². The summed E-state index contributed by atoms with van der Waals surface area (Å²) in [7, 11) is 2.80. The predicted octanol–water partition coefficient (Wildman–Crippen LogP) is 0.507. The van der Waals surface area contributed by atoms with Gasteiger partial charge in [-0.3, -0.25) is 0 Å². The van der Waals surface area contributed by atoms with Crippen LogP contribution in [0.25, 0.3) is 0 Å². The molecule has 1 aromatic rings. The van der Waals surface area contributed by atoms with Crippen LogP contribution in [0.2, 0.25) is 0 Å². The fourth-order valence-corrected chi connectivity index (χ4v) is 1.16. The molecule has 1 aromatic carbocycles. The molecule has 8 nitrogen and oxygen atoms in total. The number of rotatable bonds is 5. The van der Waals surface area contributed by atoms with E-state index in [2.05, 4.69) is 4.94 Å². The molecule has 0 unspecified atom stereocenters. The van der Waals surface area contributed by atoms with Gasteiger partial charge in [-0.05, 0) is 12.1 Å². The Balaban J connectivity index is 3.12. The normalized spacial score (nSPS) is 9.44. The van der Waals surface area contributed by atoms with Gasteiger partial charge in [-0.15, -0.1) is 15.3 Å². The molecule has 8 heteroatoms. The predicted molar refractivity (Wildman–Crippen MR) is 54.3 cm³/mol. The number of nitrogens with zero attached hydrogens (tertiary/aromatic N) is 2. The lowest BCUT2D eigenvalue weighted by atomic mass is 10.2. The van der Waals surface area contributed by atoms with Crippen LogP contribution in [0.4, 0.5) is 5.69 Å². The van der Waals surface area contributed by atoms with Crippen molar-refractivity contribution in [3.63, 3.8) is 0 Å². The molecule has 0 saturated carbocycles. The highest BCUT2D eigenvalue weighted by Gasteiger charge is 2.17. The second-order valence-corrected chi connectivity index (χ2v) is 2.64. The van der Waals surface area contributed by atoms with Gasteiger partial charge in [0.1, 0.15) is 11.5 Å². The second-order valence-electron chi connectivity index (χ2n) is 2.64. The van der Waals surface area contributed by atoms with Crippen molar-refractivity contribution in [3.8, 4) is 11.5 Å². The first-order valence-corrected chi connectivity index (χ1v) is 4.18. The van der Waals surface area contributed by atoms with Gasteiger partial charge in [-0.1, -0.05) is 6.07 Å². The van der Waals surface area contributed by atoms with E-state index in [0.717, 1.165) is 0 Å². The molecule has 0 aliphatic rings. The highest BCUT2D eigenvalue weighted by atomic mass is 17.0. The average molecular weight is 229 g/mol. The Morgan fingerprint density at radius 1 is 1.31 bits per heavy atom. The summed E-state index contributed by atoms with van der Waals surface area (Å²) in [6.45, 7) is 0. The Morgan fingerprint density at radius 2 is 1.81 bits per heavy atom. The summed E-state index contributed by atoms with van der Waals surface area (Å²) in [6, 6.07) is 4.79. The van der Waals surface area contributed by atoms with Crippen LogP contribution in [0.3, 0.4) is 0 Å². The minimum Gasteiger partial charge on any atom is -0.494 e. The van der Waals surface area contributed by atoms with Crippen molar-refractivity contribution in [2.24, 2.45) is 5.84 Å². The van der Waals surface area contributed by atoms with Crippen molar-refractivity contribution in [2.45, 2.75) is 0 Å². The number of benzene rings is 1. The van der Waals surface area contributed by atoms with E-state index in [-0.39, 0.29) is 5.69 Å². The Bertz CT molecular complexity index is 362. The third kappa shape index (κ3) is 2.42. The van der Waals surface area contributed by atoms with E-state index in [4.69, 9.17) is 15.3 Å². The van der Waals surface area contributed by atoms with Gasteiger partial charge in [0, 0.05) is 0 Å². The maximum atomic E-state index is 10.2. The lowest BCUT2D eigenvalue weighted by molar-refractivity contribution is -0.762. The molecular weight excluding hydrogens is 218 g/mol. The van der Waals surface area contributed by atoms with Crippen molar-refractivity contribution >= 4 is 5.69 Å². The van der Waals surface area contributed by atoms with Gasteiger partial charge >= 0.3 is 5.09 Å². The number of hydrazine groups is 1. The fraction of sp³-hybridized carbons (Fsp3) is 0.250. The van der Waals surface area contributed by atoms with Gasteiger partial charge in [-0.25, -0.2) is 5.84 Å². The van der Waals surface area contributed by atoms with E-state index in [1.807, 2.05) is 0 Å². The van der Waals surface area contributed by atoms with Gasteiger partial charge in [0.25, 0.3) is 0 Å². The molecule has 1 rings (SSSR count). The van der Waals surface area contributed by atoms with Crippen LogP contribution < -0.4 is 20.5 Å². The SMILES string of the molecule is COc1cccc(OC)c1N(N)O[N+](=O)[O-]. The quantitative estimate of drug-likeness (QED) is 0.446. The Labute approximate surface area is 91.1 Å². The number of methoxy groups -OCH3 is 2. The van der Waals surface area contributed by atoms with Crippen LogP contribution in [0.5, 0.6) is 11.5 Å². The first-order valence-electron chi connectivity index (χ1n) is 4.18. The minimum atomic E-state index is -1.04. The summed E-state index contributed by atoms with van der Waals surface area (Å²) < 4.78 is 9.97. The summed E-state index contributed by atoms with van der Waals surface area (Å²) in [5, 5.41) is 9.60. The molecule has 0 saturated heterocycles. The van der Waals surface area contributed by atoms with E-state index in [1.54, 1.807) is 18.2 Å². The summed E-state index contributed by atoms with van der Waals surface area (Å²) >= 11 is 0. The van der Waals surface area contributed by atoms with Gasteiger partial charge in [0.2, 0.25) is 0 Å². The van der Waals surface area contributed by atoms with Crippen LogP contribution in [0, 0.1) is 10.1 Å². The van der Waals surface area contributed by atoms with Crippen molar-refractivity contribution in [2.75, 3.05) is 19.4 Å². The lowest BCUT2D eigenvalue weighted by Gasteiger charge is -2.19. The van der Waals surface area contributed by atoms with Crippen molar-refractivity contribution in [3.05, 3.63) is 28.3 Å². The fourth-order valence-electron chi connectivity index (χ4n) is 1.16. The topological polar surface area (TPSA) is 100 Å². The molecule has 0 fully saturated rings. The molecule has 0 bridgehead atoms. The van der Waals surface area contributed by atoms with Gasteiger partial charge in [-0.2, -0.15) is 4.94 Å². The van der Waals surface area contributed by atoms with Gasteiger partial charge in [0.05, 0.1) is 14.2 Å². The number of hydrogen-bond donors (Lipinski definition) is 1. The van der Waals surface area contributed by atoms with E-state index >= 15 is 0 Å². The maximum Gasteiger partial charge on any atom is 0.318 e. The molecule has 0 spiro atoms. The number of hydrogen-bond acceptors (Lipinski definition) is 7. The third-order valence-electron chi connectivity index (χ3n) is 1.78. The van der Waals surface area contributed by atoms with E-state index in [9.17, 15) is 10.1 Å². The Kier molecular flexibility index (Phi) is 3.72. The van der Waals surface area contributed by atoms with Crippen LogP contribution in [0.15, 0.2) is 18.2 Å². The zero-order valence-electron chi connectivity index (χ0n) is 8.75. The molecule has 0 aliphatic carbocycles. The van der Waals surface area contributed by atoms with Crippen LogP contribution in [0.1, 0.15) is 0 Å². The minimum absolute atomic E-state index is 0.129. The second kappa shape index (κ2) is 5.03. The molecule has 2 N–H and O–H groups in total. The molecule has 0 radical (unpaired) electrons. The monoisotopic (exact) mass is 229 g/mol. The molecule has 0 atom stereocenters. The van der Waals surface area contributed by atoms with Gasteiger partial charge < -0.3 is 9.47 Å². The lowest BCUT2D eigenvalue weighted by Crippen LogP contribution is -2.34. The van der Waals surface area contributed by atoms with E-state index in [0.29, 0.717) is 16.7 Å². The largest absolute Gasteiger partial charge is 0.494 e. The Hall–Kier alpha value is -2.22. The van der Waals surface area contributed by atoms with Gasteiger partial charge in [0.15, 0.2) is 5.69 Å². The van der Waals surface area contributed by atoms with E-state index < -0.39 is 5.09 Å². The molecule has 16 heavy (non-hydrogen) atoms. The highest BCUT2D eigenvalue weighted by Crippen LogP contribution is 2.36. The first kappa shape index (κ1) is 11.9. The molecule has 0 aliphatic heterocycles. The number of nitrogens with two attached hydrogens (primary N) is 1. The zero-order chi connectivity index (χ0) is 12.1. The summed E-state index contributed by atoms with van der Waals surface area (Å²) in [5.74, 6) is 5.95. The molecule has 88 valence electrons. The van der Waals surface area contributed by atoms with Crippen molar-refractivity contribution in [1.82, 2.24) is 0 Å². The number of anilines is 1.